The molecule has 2 atom stereocenters. The summed E-state index contributed by atoms with van der Waals surface area (Å²) in [6, 6.07) is 7.49. The highest BCUT2D eigenvalue weighted by Crippen LogP contribution is 2.15. The van der Waals surface area contributed by atoms with Gasteiger partial charge < -0.3 is 0 Å². The molecule has 0 saturated heterocycles. The number of carbonyl (C=O) groups is 1. The Labute approximate surface area is 99.5 Å². The van der Waals surface area contributed by atoms with E-state index in [0.717, 1.165) is 10.5 Å². The molecular formula is C13H18O2S. The number of Topliss-reactive ketones (excluding diaryl/α,β-unsaturated/α-hetero) is 1. The lowest BCUT2D eigenvalue weighted by atomic mass is 10.1. The van der Waals surface area contributed by atoms with Crippen LogP contribution in [0, 0.1) is 12.8 Å². The summed E-state index contributed by atoms with van der Waals surface area (Å²) in [5.74, 6) is -0.0108. The molecule has 1 aromatic rings. The first-order valence-electron chi connectivity index (χ1n) is 5.44. The standard InChI is InChI=1S/C13H18O2S/c1-9(2)13(14)11(4)16(15)12-7-5-10(3)6-8-12/h5-9,11H,1-4H3. The van der Waals surface area contributed by atoms with Gasteiger partial charge in [0, 0.05) is 10.8 Å². The van der Waals surface area contributed by atoms with E-state index in [0.29, 0.717) is 0 Å². The zero-order valence-corrected chi connectivity index (χ0v) is 11.0. The summed E-state index contributed by atoms with van der Waals surface area (Å²) in [5.41, 5.74) is 1.13. The van der Waals surface area contributed by atoms with Gasteiger partial charge in [-0.25, -0.2) is 0 Å². The molecule has 0 aromatic heterocycles. The third-order valence-electron chi connectivity index (χ3n) is 2.54. The number of aryl methyl sites for hydroxylation is 1. The molecule has 2 nitrogen and oxygen atoms in total. The first kappa shape index (κ1) is 13.1. The molecule has 0 saturated carbocycles. The van der Waals surface area contributed by atoms with Crippen LogP contribution in [0.5, 0.6) is 0 Å². The largest absolute Gasteiger partial charge is 0.298 e. The predicted octanol–water partition coefficient (Wildman–Crippen LogP) is 2.72. The molecule has 0 spiro atoms. The van der Waals surface area contributed by atoms with Crippen molar-refractivity contribution in [1.29, 1.82) is 0 Å². The molecule has 3 heteroatoms. The Morgan fingerprint density at radius 1 is 1.12 bits per heavy atom. The summed E-state index contributed by atoms with van der Waals surface area (Å²) in [4.78, 5) is 12.5. The molecule has 0 bridgehead atoms. The minimum Gasteiger partial charge on any atom is -0.298 e. The SMILES string of the molecule is Cc1ccc(S(=O)C(C)C(=O)C(C)C)cc1. The number of benzene rings is 1. The normalized spacial score (nSPS) is 14.8. The molecule has 0 fully saturated rings. The Kier molecular flexibility index (Phi) is 4.42. The third kappa shape index (κ3) is 3.01. The van der Waals surface area contributed by atoms with E-state index >= 15 is 0 Å². The zero-order valence-electron chi connectivity index (χ0n) is 10.2. The number of ketones is 1. The van der Waals surface area contributed by atoms with Crippen molar-refractivity contribution in [3.63, 3.8) is 0 Å². The van der Waals surface area contributed by atoms with Crippen LogP contribution in [0.1, 0.15) is 26.3 Å². The number of hydrogen-bond donors (Lipinski definition) is 0. The van der Waals surface area contributed by atoms with Crippen LogP contribution in [0.2, 0.25) is 0 Å². The highest BCUT2D eigenvalue weighted by Gasteiger charge is 2.23. The molecule has 1 rings (SSSR count). The molecule has 0 aliphatic rings. The first-order valence-corrected chi connectivity index (χ1v) is 6.65. The van der Waals surface area contributed by atoms with Crippen LogP contribution in [0.4, 0.5) is 0 Å². The molecule has 0 N–H and O–H groups in total. The summed E-state index contributed by atoms with van der Waals surface area (Å²) in [6.45, 7) is 7.39. The molecule has 0 amide bonds. The Balaban J connectivity index is 2.86. The molecular weight excluding hydrogens is 220 g/mol. The van der Waals surface area contributed by atoms with Gasteiger partial charge in [-0.05, 0) is 26.0 Å². The average Bonchev–Trinajstić information content (AvgIpc) is 2.27. The van der Waals surface area contributed by atoms with E-state index in [-0.39, 0.29) is 11.7 Å². The van der Waals surface area contributed by atoms with E-state index in [2.05, 4.69) is 0 Å². The van der Waals surface area contributed by atoms with E-state index < -0.39 is 16.0 Å². The Morgan fingerprint density at radius 3 is 2.06 bits per heavy atom. The fraction of sp³-hybridized carbons (Fsp3) is 0.462. The van der Waals surface area contributed by atoms with Crippen LogP contribution in [0.3, 0.4) is 0 Å². The maximum Gasteiger partial charge on any atom is 0.151 e. The number of rotatable bonds is 4. The summed E-state index contributed by atoms with van der Waals surface area (Å²) in [7, 11) is -1.24. The molecule has 2 unspecified atom stereocenters. The lowest BCUT2D eigenvalue weighted by Crippen LogP contribution is -2.26. The smallest absolute Gasteiger partial charge is 0.151 e. The van der Waals surface area contributed by atoms with Crippen LogP contribution < -0.4 is 0 Å². The second-order valence-electron chi connectivity index (χ2n) is 4.31. The van der Waals surface area contributed by atoms with Gasteiger partial charge in [-0.15, -0.1) is 0 Å². The summed E-state index contributed by atoms with van der Waals surface area (Å²) in [5, 5.41) is -0.428. The van der Waals surface area contributed by atoms with Crippen molar-refractivity contribution in [3.8, 4) is 0 Å². The zero-order chi connectivity index (χ0) is 12.3. The van der Waals surface area contributed by atoms with E-state index in [1.54, 1.807) is 6.92 Å². The minimum absolute atomic E-state index is 0.0545. The second-order valence-corrected chi connectivity index (χ2v) is 6.08. The van der Waals surface area contributed by atoms with Gasteiger partial charge in [-0.1, -0.05) is 31.5 Å². The molecule has 0 heterocycles. The molecule has 0 aliphatic carbocycles. The molecule has 1 aromatic carbocycles. The monoisotopic (exact) mass is 238 g/mol. The Hall–Kier alpha value is -0.960. The Bertz CT molecular complexity index is 393. The minimum atomic E-state index is -1.24. The first-order chi connectivity index (χ1) is 7.43. The highest BCUT2D eigenvalue weighted by molar-refractivity contribution is 7.86. The molecule has 0 radical (unpaired) electrons. The fourth-order valence-electron chi connectivity index (χ4n) is 1.45. The van der Waals surface area contributed by atoms with Gasteiger partial charge in [0.05, 0.1) is 16.0 Å². The maximum atomic E-state index is 12.1. The second kappa shape index (κ2) is 5.39. The Morgan fingerprint density at radius 2 is 1.62 bits per heavy atom. The van der Waals surface area contributed by atoms with Crippen molar-refractivity contribution in [1.82, 2.24) is 0 Å². The van der Waals surface area contributed by atoms with Crippen LogP contribution in [0.25, 0.3) is 0 Å². The highest BCUT2D eigenvalue weighted by atomic mass is 32.2. The van der Waals surface area contributed by atoms with E-state index in [9.17, 15) is 9.00 Å². The van der Waals surface area contributed by atoms with Crippen molar-refractivity contribution in [3.05, 3.63) is 29.8 Å². The van der Waals surface area contributed by atoms with Crippen molar-refractivity contribution in [2.75, 3.05) is 0 Å². The molecule has 16 heavy (non-hydrogen) atoms. The van der Waals surface area contributed by atoms with Gasteiger partial charge >= 0.3 is 0 Å². The average molecular weight is 238 g/mol. The fourth-order valence-corrected chi connectivity index (χ4v) is 2.75. The quantitative estimate of drug-likeness (QED) is 0.808. The van der Waals surface area contributed by atoms with E-state index in [1.165, 1.54) is 0 Å². The van der Waals surface area contributed by atoms with Gasteiger partial charge in [-0.3, -0.25) is 9.00 Å². The molecule has 88 valence electrons. The van der Waals surface area contributed by atoms with Crippen LogP contribution in [0.15, 0.2) is 29.2 Å². The molecule has 0 aliphatic heterocycles. The van der Waals surface area contributed by atoms with Gasteiger partial charge in [0.1, 0.15) is 0 Å². The lowest BCUT2D eigenvalue weighted by molar-refractivity contribution is -0.121. The van der Waals surface area contributed by atoms with Crippen molar-refractivity contribution < 1.29 is 9.00 Å². The van der Waals surface area contributed by atoms with Crippen LogP contribution >= 0.6 is 0 Å². The summed E-state index contributed by atoms with van der Waals surface area (Å²) >= 11 is 0. The van der Waals surface area contributed by atoms with E-state index in [4.69, 9.17) is 0 Å². The van der Waals surface area contributed by atoms with Gasteiger partial charge in [0.2, 0.25) is 0 Å². The lowest BCUT2D eigenvalue weighted by Gasteiger charge is -2.12. The number of carbonyl (C=O) groups excluding carboxylic acids is 1. The maximum absolute atomic E-state index is 12.1. The topological polar surface area (TPSA) is 34.1 Å². The van der Waals surface area contributed by atoms with Crippen molar-refractivity contribution in [2.24, 2.45) is 5.92 Å². The number of hydrogen-bond acceptors (Lipinski definition) is 2. The van der Waals surface area contributed by atoms with Gasteiger partial charge in [-0.2, -0.15) is 0 Å². The summed E-state index contributed by atoms with van der Waals surface area (Å²) in [6.07, 6.45) is 0. The van der Waals surface area contributed by atoms with E-state index in [1.807, 2.05) is 45.0 Å². The van der Waals surface area contributed by atoms with Crippen molar-refractivity contribution in [2.45, 2.75) is 37.8 Å². The summed E-state index contributed by atoms with van der Waals surface area (Å²) < 4.78 is 12.1. The van der Waals surface area contributed by atoms with Gasteiger partial charge in [0.25, 0.3) is 0 Å². The van der Waals surface area contributed by atoms with Crippen molar-refractivity contribution >= 4 is 16.6 Å². The predicted molar refractivity (Wildman–Crippen MR) is 66.9 cm³/mol. The third-order valence-corrected chi connectivity index (χ3v) is 4.16. The van der Waals surface area contributed by atoms with Crippen LogP contribution in [-0.2, 0) is 15.6 Å². The van der Waals surface area contributed by atoms with Crippen LogP contribution in [-0.4, -0.2) is 15.2 Å². The van der Waals surface area contributed by atoms with Gasteiger partial charge in [0.15, 0.2) is 5.78 Å².